The smallest absolute Gasteiger partial charge is 0 e. The monoisotopic (exact) mass is 292 g/mol. The van der Waals surface area contributed by atoms with E-state index < -0.39 is 0 Å². The van der Waals surface area contributed by atoms with Crippen molar-refractivity contribution < 1.29 is 42.1 Å². The van der Waals surface area contributed by atoms with Gasteiger partial charge in [0.2, 0.25) is 0 Å². The second kappa shape index (κ2) is 33.5. The quantitative estimate of drug-likeness (QED) is 0.303. The zero-order valence-corrected chi connectivity index (χ0v) is 7.28. The zero-order valence-electron chi connectivity index (χ0n) is 1.63. The van der Waals surface area contributed by atoms with Gasteiger partial charge < -0.3 is 23.3 Å². The summed E-state index contributed by atoms with van der Waals surface area (Å²) in [6.07, 6.45) is 0. The summed E-state index contributed by atoms with van der Waals surface area (Å²) in [5, 5.41) is 0. The summed E-state index contributed by atoms with van der Waals surface area (Å²) in [7, 11) is 0. The van der Waals surface area contributed by atoms with E-state index in [-0.39, 0.29) is 53.1 Å². The molecule has 0 bridgehead atoms. The molecule has 0 aromatic rings. The van der Waals surface area contributed by atoms with Gasteiger partial charge >= 0.3 is 0 Å². The Kier molecular flexibility index (Phi) is 179. The molecule has 0 aliphatic heterocycles. The molecular weight excluding hydrogens is 284 g/mol. The van der Waals surface area contributed by atoms with Crippen LogP contribution in [-0.4, -0.2) is 11.0 Å². The van der Waals surface area contributed by atoms with E-state index in [9.17, 15) is 0 Å². The van der Waals surface area contributed by atoms with Gasteiger partial charge in [-0.25, -0.2) is 0 Å². The van der Waals surface area contributed by atoms with Crippen molar-refractivity contribution in [2.45, 2.75) is 0 Å². The topological polar surface area (TPSA) is 0 Å². The van der Waals surface area contributed by atoms with Gasteiger partial charge in [0.05, 0.1) is 0 Å². The zero-order chi connectivity index (χ0) is 2.00. The van der Waals surface area contributed by atoms with Crippen LogP contribution in [0.5, 0.6) is 0 Å². The van der Waals surface area contributed by atoms with Crippen LogP contribution in [0.1, 0.15) is 0 Å². The van der Waals surface area contributed by atoms with Crippen LogP contribution in [0.4, 0.5) is 0 Å². The molecule has 0 heterocycles. The molecular formula is H4Mo2S2Si-2. The van der Waals surface area contributed by atoms with Crippen LogP contribution in [0.15, 0.2) is 0 Å². The Bertz CT molecular complexity index is 7.61. The van der Waals surface area contributed by atoms with Crippen LogP contribution in [0.3, 0.4) is 0 Å². The van der Waals surface area contributed by atoms with Crippen molar-refractivity contribution in [1.82, 2.24) is 0 Å². The number of hydrogen-bond acceptors (Lipinski definition) is 2. The van der Waals surface area contributed by atoms with Gasteiger partial charge in [-0.2, -0.15) is 0 Å². The van der Waals surface area contributed by atoms with E-state index in [4.69, 9.17) is 0 Å². The molecule has 0 aromatic heterocycles. The molecule has 5 heteroatoms. The largest absolute Gasteiger partial charge is 1.00 e. The summed E-state index contributed by atoms with van der Waals surface area (Å²) < 4.78 is 0. The molecule has 5 heavy (non-hydrogen) atoms. The maximum atomic E-state index is 3.67. The molecule has 0 N–H and O–H groups in total. The minimum atomic E-state index is 0. The molecule has 0 nitrogen and oxygen atoms in total. The van der Waals surface area contributed by atoms with Crippen LogP contribution >= 0.6 is 0 Å². The maximum absolute atomic E-state index is 3.67. The minimum absolute atomic E-state index is 0. The third-order valence-electron chi connectivity index (χ3n) is 0. The fraction of sp³-hybridized carbons (Fsp3) is 0. The third-order valence-corrected chi connectivity index (χ3v) is 0. The Morgan fingerprint density at radius 1 is 0.800 bits per heavy atom. The van der Waals surface area contributed by atoms with Crippen molar-refractivity contribution in [3.63, 3.8) is 0 Å². The molecule has 0 aliphatic carbocycles. The average molecular weight is 288 g/mol. The second-order valence-electron chi connectivity index (χ2n) is 0. The van der Waals surface area contributed by atoms with Gasteiger partial charge in [-0.3, -0.25) is 0 Å². The standard InChI is InChI=1S/2Mo.S2.H4Si/c;;1-2;/h;;;1H4/q;;-2;. The Labute approximate surface area is 75.6 Å². The summed E-state index contributed by atoms with van der Waals surface area (Å²) >= 11 is 7.33. The van der Waals surface area contributed by atoms with Crippen molar-refractivity contribution in [2.24, 2.45) is 0 Å². The molecule has 0 rings (SSSR count). The van der Waals surface area contributed by atoms with E-state index >= 15 is 0 Å². The molecule has 0 saturated heterocycles. The molecule has 0 saturated carbocycles. The number of hydrogen-bond donors (Lipinski definition) is 0. The van der Waals surface area contributed by atoms with Gasteiger partial charge in [-0.1, -0.05) is 0 Å². The molecule has 0 amide bonds. The summed E-state index contributed by atoms with van der Waals surface area (Å²) in [6, 6.07) is 0. The summed E-state index contributed by atoms with van der Waals surface area (Å²) in [4.78, 5) is 0. The molecule has 0 aromatic carbocycles. The normalized spacial score (nSPS) is 1.20. The van der Waals surface area contributed by atoms with Crippen LogP contribution < -0.4 is 0 Å². The van der Waals surface area contributed by atoms with E-state index in [0.717, 1.165) is 0 Å². The Balaban J connectivity index is -0.00000000167. The van der Waals surface area contributed by atoms with Gasteiger partial charge in [0.15, 0.2) is 0 Å². The van der Waals surface area contributed by atoms with E-state index in [1.54, 1.807) is 0 Å². The first-order valence-electron chi connectivity index (χ1n) is 0.167. The first-order chi connectivity index (χ1) is 1.00. The van der Waals surface area contributed by atoms with Crippen LogP contribution in [0, 0.1) is 0 Å². The van der Waals surface area contributed by atoms with Crippen LogP contribution in [-0.2, 0) is 65.5 Å². The van der Waals surface area contributed by atoms with Gasteiger partial charge in [0, 0.05) is 42.1 Å². The summed E-state index contributed by atoms with van der Waals surface area (Å²) in [5.41, 5.74) is 0. The van der Waals surface area contributed by atoms with Gasteiger partial charge in [-0.05, 0) is 11.0 Å². The van der Waals surface area contributed by atoms with Crippen molar-refractivity contribution >= 4 is 34.3 Å². The van der Waals surface area contributed by atoms with Crippen molar-refractivity contribution in [3.05, 3.63) is 0 Å². The SMILES string of the molecule is [Mo].[Mo].[S-][S-].[SiH4]. The first kappa shape index (κ1) is 26.6. The van der Waals surface area contributed by atoms with Gasteiger partial charge in [-0.15, -0.1) is 0 Å². The molecule has 0 atom stereocenters. The molecule has 0 fully saturated rings. The van der Waals surface area contributed by atoms with Gasteiger partial charge in [0.25, 0.3) is 0 Å². The molecule has 34 valence electrons. The van der Waals surface area contributed by atoms with E-state index in [1.165, 1.54) is 0 Å². The van der Waals surface area contributed by atoms with Crippen molar-refractivity contribution in [3.8, 4) is 0 Å². The summed E-state index contributed by atoms with van der Waals surface area (Å²) in [5.74, 6) is 0. The second-order valence-corrected chi connectivity index (χ2v) is 0. The fourth-order valence-corrected chi connectivity index (χ4v) is 0. The van der Waals surface area contributed by atoms with E-state index in [1.807, 2.05) is 0 Å². The van der Waals surface area contributed by atoms with Crippen LogP contribution in [0.25, 0.3) is 0 Å². The molecule has 0 radical (unpaired) electrons. The molecule has 0 aliphatic rings. The van der Waals surface area contributed by atoms with Crippen LogP contribution in [0.2, 0.25) is 0 Å². The Morgan fingerprint density at radius 3 is 0.800 bits per heavy atom. The summed E-state index contributed by atoms with van der Waals surface area (Å²) in [6.45, 7) is 0. The fourth-order valence-electron chi connectivity index (χ4n) is 0. The predicted octanol–water partition coefficient (Wildman–Crippen LogP) is -1.46. The maximum Gasteiger partial charge on any atom is 0 e. The number of rotatable bonds is 0. The molecule has 0 spiro atoms. The van der Waals surface area contributed by atoms with E-state index in [0.29, 0.717) is 0 Å². The molecule has 0 unspecified atom stereocenters. The van der Waals surface area contributed by atoms with Crippen molar-refractivity contribution in [2.75, 3.05) is 0 Å². The van der Waals surface area contributed by atoms with E-state index in [2.05, 4.69) is 23.3 Å². The Morgan fingerprint density at radius 2 is 0.800 bits per heavy atom. The Hall–Kier alpha value is 2.29. The third kappa shape index (κ3) is 22.1. The average Bonchev–Trinajstić information content (AvgIpc) is 1.00. The first-order valence-corrected chi connectivity index (χ1v) is 1.50. The van der Waals surface area contributed by atoms with Gasteiger partial charge in [0.1, 0.15) is 0 Å². The van der Waals surface area contributed by atoms with Crippen molar-refractivity contribution in [1.29, 1.82) is 0 Å². The predicted molar refractivity (Wildman–Crippen MR) is 26.1 cm³/mol. The minimum Gasteiger partial charge on any atom is -1.00 e.